The van der Waals surface area contributed by atoms with Gasteiger partial charge >= 0.3 is 0 Å². The van der Waals surface area contributed by atoms with Gasteiger partial charge in [-0.25, -0.2) is 4.98 Å². The summed E-state index contributed by atoms with van der Waals surface area (Å²) in [6.45, 7) is 4.40. The molecule has 1 aliphatic rings. The van der Waals surface area contributed by atoms with Crippen LogP contribution in [0.5, 0.6) is 0 Å². The van der Waals surface area contributed by atoms with E-state index in [-0.39, 0.29) is 0 Å². The Morgan fingerprint density at radius 1 is 1.44 bits per heavy atom. The Morgan fingerprint density at radius 3 is 2.94 bits per heavy atom. The molecule has 0 atom stereocenters. The maximum Gasteiger partial charge on any atom is 0.150 e. The lowest BCUT2D eigenvalue weighted by molar-refractivity contribution is 0.337. The number of rotatable bonds is 5. The van der Waals surface area contributed by atoms with Gasteiger partial charge in [0, 0.05) is 12.7 Å². The van der Waals surface area contributed by atoms with Crippen LogP contribution in [0.1, 0.15) is 24.8 Å². The zero-order chi connectivity index (χ0) is 12.8. The van der Waals surface area contributed by atoms with E-state index in [1.165, 1.54) is 25.9 Å². The van der Waals surface area contributed by atoms with Crippen molar-refractivity contribution >= 4 is 11.5 Å². The zero-order valence-electron chi connectivity index (χ0n) is 10.5. The van der Waals surface area contributed by atoms with Crippen molar-refractivity contribution in [3.8, 4) is 6.07 Å². The first kappa shape index (κ1) is 12.7. The van der Waals surface area contributed by atoms with Crippen molar-refractivity contribution in [2.24, 2.45) is 0 Å². The predicted octanol–water partition coefficient (Wildman–Crippen LogP) is 1.43. The fourth-order valence-corrected chi connectivity index (χ4v) is 2.23. The van der Waals surface area contributed by atoms with Crippen LogP contribution in [0.3, 0.4) is 0 Å². The molecule has 1 aromatic rings. The molecular weight excluding hydrogens is 226 g/mol. The Morgan fingerprint density at radius 2 is 2.22 bits per heavy atom. The fraction of sp³-hybridized carbons (Fsp3) is 0.538. The molecule has 1 fully saturated rings. The molecule has 0 unspecified atom stereocenters. The number of nitrogens with two attached hydrogens (primary N) is 1. The van der Waals surface area contributed by atoms with Gasteiger partial charge in [0.25, 0.3) is 0 Å². The second kappa shape index (κ2) is 6.22. The number of hydrogen-bond donors (Lipinski definition) is 2. The van der Waals surface area contributed by atoms with Gasteiger partial charge in [-0.15, -0.1) is 0 Å². The summed E-state index contributed by atoms with van der Waals surface area (Å²) < 4.78 is 0. The van der Waals surface area contributed by atoms with Gasteiger partial charge in [-0.2, -0.15) is 5.26 Å². The third-order valence-electron chi connectivity index (χ3n) is 3.25. The van der Waals surface area contributed by atoms with Crippen LogP contribution in [0.15, 0.2) is 12.3 Å². The average Bonchev–Trinajstić information content (AvgIpc) is 2.89. The number of nitrogen functional groups attached to an aromatic ring is 1. The third kappa shape index (κ3) is 3.11. The van der Waals surface area contributed by atoms with Crippen LogP contribution in [-0.4, -0.2) is 36.1 Å². The highest BCUT2D eigenvalue weighted by atomic mass is 15.1. The quantitative estimate of drug-likeness (QED) is 0.767. The van der Waals surface area contributed by atoms with E-state index >= 15 is 0 Å². The molecule has 2 rings (SSSR count). The van der Waals surface area contributed by atoms with Gasteiger partial charge in [0.2, 0.25) is 0 Å². The molecule has 0 radical (unpaired) electrons. The van der Waals surface area contributed by atoms with E-state index in [1.807, 2.05) is 0 Å². The number of pyridine rings is 1. The lowest BCUT2D eigenvalue weighted by Crippen LogP contribution is -2.22. The third-order valence-corrected chi connectivity index (χ3v) is 3.25. The smallest absolute Gasteiger partial charge is 0.150 e. The average molecular weight is 245 g/mol. The summed E-state index contributed by atoms with van der Waals surface area (Å²) in [4.78, 5) is 6.63. The van der Waals surface area contributed by atoms with Crippen molar-refractivity contribution < 1.29 is 0 Å². The molecule has 5 heteroatoms. The number of aromatic nitrogens is 1. The summed E-state index contributed by atoms with van der Waals surface area (Å²) in [6.07, 6.45) is 5.33. The summed E-state index contributed by atoms with van der Waals surface area (Å²) in [7, 11) is 0. The maximum atomic E-state index is 8.87. The van der Waals surface area contributed by atoms with Crippen LogP contribution < -0.4 is 11.1 Å². The van der Waals surface area contributed by atoms with E-state index in [0.717, 1.165) is 19.5 Å². The minimum absolute atomic E-state index is 0.446. The van der Waals surface area contributed by atoms with E-state index in [9.17, 15) is 0 Å². The summed E-state index contributed by atoms with van der Waals surface area (Å²) in [5.74, 6) is 0.621. The van der Waals surface area contributed by atoms with Crippen LogP contribution in [0.4, 0.5) is 11.5 Å². The molecule has 5 nitrogen and oxygen atoms in total. The molecule has 0 spiro atoms. The van der Waals surface area contributed by atoms with Crippen LogP contribution in [-0.2, 0) is 0 Å². The first-order valence-corrected chi connectivity index (χ1v) is 6.42. The van der Waals surface area contributed by atoms with Gasteiger partial charge in [-0.3, -0.25) is 0 Å². The zero-order valence-corrected chi connectivity index (χ0v) is 10.5. The van der Waals surface area contributed by atoms with Crippen LogP contribution in [0.2, 0.25) is 0 Å². The minimum Gasteiger partial charge on any atom is -0.395 e. The molecule has 1 saturated heterocycles. The van der Waals surface area contributed by atoms with Crippen LogP contribution >= 0.6 is 0 Å². The first-order chi connectivity index (χ1) is 8.81. The summed E-state index contributed by atoms with van der Waals surface area (Å²) in [5.41, 5.74) is 6.76. The minimum atomic E-state index is 0.446. The van der Waals surface area contributed by atoms with Crippen molar-refractivity contribution in [3.05, 3.63) is 17.8 Å². The van der Waals surface area contributed by atoms with Crippen molar-refractivity contribution in [2.75, 3.05) is 37.2 Å². The Kier molecular flexibility index (Phi) is 4.37. The molecule has 2 heterocycles. The van der Waals surface area contributed by atoms with E-state index < -0.39 is 0 Å². The highest BCUT2D eigenvalue weighted by molar-refractivity contribution is 5.68. The SMILES string of the molecule is N#Cc1ccnc(NCCCN2CCCC2)c1N. The van der Waals surface area contributed by atoms with Crippen molar-refractivity contribution in [2.45, 2.75) is 19.3 Å². The lowest BCUT2D eigenvalue weighted by atomic mass is 10.2. The summed E-state index contributed by atoms with van der Waals surface area (Å²) in [5, 5.41) is 12.1. The summed E-state index contributed by atoms with van der Waals surface area (Å²) in [6, 6.07) is 3.69. The first-order valence-electron chi connectivity index (χ1n) is 6.42. The maximum absolute atomic E-state index is 8.87. The van der Waals surface area contributed by atoms with E-state index in [0.29, 0.717) is 17.1 Å². The second-order valence-electron chi connectivity index (χ2n) is 4.56. The number of nitrogens with one attached hydrogen (secondary N) is 1. The molecule has 0 saturated carbocycles. The molecule has 0 aliphatic carbocycles. The van der Waals surface area contributed by atoms with Gasteiger partial charge in [0.05, 0.1) is 11.3 Å². The van der Waals surface area contributed by atoms with E-state index in [4.69, 9.17) is 11.0 Å². The van der Waals surface area contributed by atoms with Gasteiger partial charge in [-0.05, 0) is 45.0 Å². The molecule has 96 valence electrons. The summed E-state index contributed by atoms with van der Waals surface area (Å²) >= 11 is 0. The van der Waals surface area contributed by atoms with Crippen molar-refractivity contribution in [1.29, 1.82) is 5.26 Å². The monoisotopic (exact) mass is 245 g/mol. The van der Waals surface area contributed by atoms with Gasteiger partial charge < -0.3 is 16.0 Å². The largest absolute Gasteiger partial charge is 0.395 e. The molecule has 0 amide bonds. The second-order valence-corrected chi connectivity index (χ2v) is 4.56. The topological polar surface area (TPSA) is 78.0 Å². The standard InChI is InChI=1S/C13H19N5/c14-10-11-4-6-17-13(12(11)15)16-5-3-9-18-7-1-2-8-18/h4,6H,1-3,5,7-9,15H2,(H,16,17). The molecule has 0 bridgehead atoms. The Balaban J connectivity index is 1.78. The van der Waals surface area contributed by atoms with Gasteiger partial charge in [-0.1, -0.05) is 0 Å². The number of hydrogen-bond acceptors (Lipinski definition) is 5. The number of anilines is 2. The Labute approximate surface area is 108 Å². The molecule has 18 heavy (non-hydrogen) atoms. The van der Waals surface area contributed by atoms with Crippen LogP contribution in [0.25, 0.3) is 0 Å². The number of nitriles is 1. The van der Waals surface area contributed by atoms with Gasteiger partial charge in [0.15, 0.2) is 5.82 Å². The Bertz CT molecular complexity index is 431. The van der Waals surface area contributed by atoms with E-state index in [2.05, 4.69) is 21.3 Å². The lowest BCUT2D eigenvalue weighted by Gasteiger charge is -2.15. The molecule has 0 aromatic carbocycles. The molecule has 1 aliphatic heterocycles. The van der Waals surface area contributed by atoms with Crippen LogP contribution in [0, 0.1) is 11.3 Å². The normalized spacial score (nSPS) is 15.5. The highest BCUT2D eigenvalue weighted by Gasteiger charge is 2.10. The number of likely N-dealkylation sites (tertiary alicyclic amines) is 1. The van der Waals surface area contributed by atoms with Gasteiger partial charge in [0.1, 0.15) is 6.07 Å². The Hall–Kier alpha value is -1.80. The fourth-order valence-electron chi connectivity index (χ4n) is 2.23. The predicted molar refractivity (Wildman–Crippen MR) is 72.1 cm³/mol. The van der Waals surface area contributed by atoms with E-state index in [1.54, 1.807) is 12.3 Å². The van der Waals surface area contributed by atoms with Crippen molar-refractivity contribution in [3.63, 3.8) is 0 Å². The molecule has 1 aromatic heterocycles. The molecule has 3 N–H and O–H groups in total. The number of nitrogens with zero attached hydrogens (tertiary/aromatic N) is 3. The van der Waals surface area contributed by atoms with Crippen molar-refractivity contribution in [1.82, 2.24) is 9.88 Å². The highest BCUT2D eigenvalue weighted by Crippen LogP contribution is 2.18. The molecular formula is C13H19N5.